The van der Waals surface area contributed by atoms with Crippen molar-refractivity contribution in [1.82, 2.24) is 9.80 Å². The minimum Gasteiger partial charge on any atom is -0.303 e. The molecule has 1 spiro atoms. The van der Waals surface area contributed by atoms with Gasteiger partial charge in [-0.1, -0.05) is 27.7 Å². The monoisotopic (exact) mass is 306 g/mol. The van der Waals surface area contributed by atoms with Crippen LogP contribution in [0.3, 0.4) is 0 Å². The highest BCUT2D eigenvalue weighted by Gasteiger charge is 2.47. The number of nitrogens with zero attached hydrogens (tertiary/aromatic N) is 2. The van der Waals surface area contributed by atoms with Crippen molar-refractivity contribution in [3.8, 4) is 0 Å². The Balaban J connectivity index is 1.37. The molecule has 1 saturated carbocycles. The molecule has 128 valence electrons. The van der Waals surface area contributed by atoms with Crippen molar-refractivity contribution >= 4 is 0 Å². The second-order valence-corrected chi connectivity index (χ2v) is 9.77. The molecule has 1 aliphatic carbocycles. The number of rotatable bonds is 7. The van der Waals surface area contributed by atoms with Crippen molar-refractivity contribution < 1.29 is 0 Å². The molecule has 0 unspecified atom stereocenters. The van der Waals surface area contributed by atoms with E-state index >= 15 is 0 Å². The Morgan fingerprint density at radius 1 is 0.818 bits per heavy atom. The summed E-state index contributed by atoms with van der Waals surface area (Å²) in [5.74, 6) is 1.73. The maximum atomic E-state index is 2.80. The largest absolute Gasteiger partial charge is 0.303 e. The first kappa shape index (κ1) is 16.8. The van der Waals surface area contributed by atoms with Gasteiger partial charge in [-0.15, -0.1) is 0 Å². The number of likely N-dealkylation sites (tertiary alicyclic amines) is 2. The van der Waals surface area contributed by atoms with Gasteiger partial charge in [0.25, 0.3) is 0 Å². The van der Waals surface area contributed by atoms with Gasteiger partial charge in [0.15, 0.2) is 0 Å². The van der Waals surface area contributed by atoms with E-state index in [0.29, 0.717) is 5.41 Å². The first-order valence-electron chi connectivity index (χ1n) is 9.85. The van der Waals surface area contributed by atoms with E-state index in [0.717, 1.165) is 17.3 Å². The highest BCUT2D eigenvalue weighted by Crippen LogP contribution is 2.52. The summed E-state index contributed by atoms with van der Waals surface area (Å²) in [6, 6.07) is 0. The van der Waals surface area contributed by atoms with E-state index in [-0.39, 0.29) is 0 Å². The van der Waals surface area contributed by atoms with E-state index in [1.54, 1.807) is 0 Å². The van der Waals surface area contributed by atoms with Gasteiger partial charge in [0.1, 0.15) is 0 Å². The second-order valence-electron chi connectivity index (χ2n) is 9.77. The summed E-state index contributed by atoms with van der Waals surface area (Å²) in [4.78, 5) is 5.51. The van der Waals surface area contributed by atoms with Crippen molar-refractivity contribution in [3.05, 3.63) is 0 Å². The van der Waals surface area contributed by atoms with Crippen molar-refractivity contribution in [1.29, 1.82) is 0 Å². The molecule has 2 heteroatoms. The maximum Gasteiger partial charge on any atom is 0.00514 e. The predicted octanol–water partition coefficient (Wildman–Crippen LogP) is 4.26. The van der Waals surface area contributed by atoms with Crippen molar-refractivity contribution in [2.45, 2.75) is 66.2 Å². The molecule has 22 heavy (non-hydrogen) atoms. The Morgan fingerprint density at radius 2 is 1.45 bits per heavy atom. The van der Waals surface area contributed by atoms with E-state index in [1.165, 1.54) is 77.8 Å². The summed E-state index contributed by atoms with van der Waals surface area (Å²) in [7, 11) is 0. The van der Waals surface area contributed by atoms with Crippen LogP contribution in [0.2, 0.25) is 0 Å². The standard InChI is InChI=1S/C20H38N2/c1-17(2)5-10-22-15-20(16-22)8-11-21(12-9-20)14-19(6-7-19)13-18(3)4/h17-18H,5-16H2,1-4H3. The lowest BCUT2D eigenvalue weighted by atomic mass is 9.71. The highest BCUT2D eigenvalue weighted by molar-refractivity contribution is 5.01. The summed E-state index contributed by atoms with van der Waals surface area (Å²) >= 11 is 0. The SMILES string of the molecule is CC(C)CCN1CC2(CCN(CC3(CC(C)C)CC3)CC2)C1. The molecule has 2 heterocycles. The van der Waals surface area contributed by atoms with Crippen molar-refractivity contribution in [3.63, 3.8) is 0 Å². The van der Waals surface area contributed by atoms with Gasteiger partial charge >= 0.3 is 0 Å². The molecule has 0 aromatic carbocycles. The Bertz CT molecular complexity index is 354. The van der Waals surface area contributed by atoms with E-state index < -0.39 is 0 Å². The van der Waals surface area contributed by atoms with E-state index in [9.17, 15) is 0 Å². The molecule has 3 aliphatic rings. The van der Waals surface area contributed by atoms with Crippen LogP contribution in [0.15, 0.2) is 0 Å². The lowest BCUT2D eigenvalue weighted by Gasteiger charge is -2.54. The van der Waals surface area contributed by atoms with Gasteiger partial charge in [-0.2, -0.15) is 0 Å². The molecule has 2 aliphatic heterocycles. The van der Waals surface area contributed by atoms with Gasteiger partial charge in [0.05, 0.1) is 0 Å². The topological polar surface area (TPSA) is 6.48 Å². The van der Waals surface area contributed by atoms with Crippen LogP contribution >= 0.6 is 0 Å². The minimum absolute atomic E-state index is 0.711. The molecule has 0 aromatic rings. The number of hydrogen-bond donors (Lipinski definition) is 0. The summed E-state index contributed by atoms with van der Waals surface area (Å²) in [5, 5.41) is 0. The molecule has 0 aromatic heterocycles. The fourth-order valence-corrected chi connectivity index (χ4v) is 4.95. The minimum atomic E-state index is 0.711. The molecule has 0 amide bonds. The third-order valence-electron chi connectivity index (χ3n) is 6.41. The molecular weight excluding hydrogens is 268 g/mol. The summed E-state index contributed by atoms with van der Waals surface area (Å²) < 4.78 is 0. The zero-order valence-electron chi connectivity index (χ0n) is 15.5. The number of hydrogen-bond acceptors (Lipinski definition) is 2. The summed E-state index contributed by atoms with van der Waals surface area (Å²) in [5.41, 5.74) is 1.43. The zero-order valence-corrected chi connectivity index (χ0v) is 15.5. The van der Waals surface area contributed by atoms with Gasteiger partial charge in [-0.05, 0) is 80.8 Å². The first-order chi connectivity index (χ1) is 10.4. The van der Waals surface area contributed by atoms with Gasteiger partial charge < -0.3 is 9.80 Å². The van der Waals surface area contributed by atoms with Crippen LogP contribution in [0.25, 0.3) is 0 Å². The van der Waals surface area contributed by atoms with E-state index in [2.05, 4.69) is 37.5 Å². The average molecular weight is 307 g/mol. The van der Waals surface area contributed by atoms with Crippen LogP contribution in [0, 0.1) is 22.7 Å². The zero-order chi connectivity index (χ0) is 15.8. The predicted molar refractivity (Wildman–Crippen MR) is 95.1 cm³/mol. The van der Waals surface area contributed by atoms with Crippen LogP contribution < -0.4 is 0 Å². The first-order valence-corrected chi connectivity index (χ1v) is 9.85. The molecular formula is C20H38N2. The Morgan fingerprint density at radius 3 is 1.95 bits per heavy atom. The lowest BCUT2D eigenvalue weighted by molar-refractivity contribution is -0.0510. The fourth-order valence-electron chi connectivity index (χ4n) is 4.95. The van der Waals surface area contributed by atoms with Crippen molar-refractivity contribution in [2.24, 2.45) is 22.7 Å². The van der Waals surface area contributed by atoms with E-state index in [1.807, 2.05) is 0 Å². The summed E-state index contributed by atoms with van der Waals surface area (Å²) in [6.07, 6.45) is 8.75. The molecule has 0 atom stereocenters. The summed E-state index contributed by atoms with van der Waals surface area (Å²) in [6.45, 7) is 17.7. The van der Waals surface area contributed by atoms with Crippen LogP contribution in [-0.4, -0.2) is 49.1 Å². The van der Waals surface area contributed by atoms with Crippen LogP contribution in [0.1, 0.15) is 66.2 Å². The smallest absolute Gasteiger partial charge is 0.00514 e. The molecule has 0 N–H and O–H groups in total. The van der Waals surface area contributed by atoms with Gasteiger partial charge in [-0.25, -0.2) is 0 Å². The van der Waals surface area contributed by atoms with E-state index in [4.69, 9.17) is 0 Å². The van der Waals surface area contributed by atoms with Crippen LogP contribution in [0.4, 0.5) is 0 Å². The lowest BCUT2D eigenvalue weighted by Crippen LogP contribution is -2.60. The Kier molecular flexibility index (Phi) is 4.90. The molecule has 2 saturated heterocycles. The Labute approximate surface area is 138 Å². The molecule has 3 fully saturated rings. The van der Waals surface area contributed by atoms with Gasteiger partial charge in [-0.3, -0.25) is 0 Å². The average Bonchev–Trinajstić information content (AvgIpc) is 3.14. The number of piperidine rings is 1. The maximum absolute atomic E-state index is 2.80. The highest BCUT2D eigenvalue weighted by atomic mass is 15.2. The molecule has 0 radical (unpaired) electrons. The fraction of sp³-hybridized carbons (Fsp3) is 1.00. The van der Waals surface area contributed by atoms with Crippen LogP contribution in [0.5, 0.6) is 0 Å². The van der Waals surface area contributed by atoms with Crippen LogP contribution in [-0.2, 0) is 0 Å². The third kappa shape index (κ3) is 4.06. The van der Waals surface area contributed by atoms with Gasteiger partial charge in [0, 0.05) is 19.6 Å². The second kappa shape index (κ2) is 6.43. The Hall–Kier alpha value is -0.0800. The molecule has 3 rings (SSSR count). The molecule has 0 bridgehead atoms. The molecule has 2 nitrogen and oxygen atoms in total. The van der Waals surface area contributed by atoms with Crippen molar-refractivity contribution in [2.75, 3.05) is 39.3 Å². The van der Waals surface area contributed by atoms with Gasteiger partial charge in [0.2, 0.25) is 0 Å². The third-order valence-corrected chi connectivity index (χ3v) is 6.41. The normalized spacial score (nSPS) is 27.5. The quantitative estimate of drug-likeness (QED) is 0.693.